The van der Waals surface area contributed by atoms with Crippen molar-refractivity contribution in [1.29, 1.82) is 0 Å². The molecule has 2 aromatic carbocycles. The smallest absolute Gasteiger partial charge is 0.267 e. The van der Waals surface area contributed by atoms with Gasteiger partial charge in [0.2, 0.25) is 5.91 Å². The molecule has 1 fully saturated rings. The lowest BCUT2D eigenvalue weighted by atomic mass is 10.1. The minimum Gasteiger partial charge on any atom is -0.492 e. The van der Waals surface area contributed by atoms with E-state index < -0.39 is 6.10 Å². The van der Waals surface area contributed by atoms with Crippen molar-refractivity contribution in [2.45, 2.75) is 19.4 Å². The molecule has 7 nitrogen and oxygen atoms in total. The van der Waals surface area contributed by atoms with E-state index in [2.05, 4.69) is 4.90 Å². The topological polar surface area (TPSA) is 62.3 Å². The fourth-order valence-corrected chi connectivity index (χ4v) is 4.13. The Balaban J connectivity index is 1.21. The molecule has 170 valence electrons. The number of nitrogens with zero attached hydrogens (tertiary/aromatic N) is 3. The molecule has 2 aliphatic heterocycles. The Morgan fingerprint density at radius 1 is 1.06 bits per heavy atom. The normalized spacial score (nSPS) is 18.8. The SMILES string of the molecule is C[C@H]1Oc2ccccc2N(CCC(=O)N2CCN(CCOc3ccc(Cl)cc3)CC2)C1=O. The number of carbonyl (C=O) groups is 2. The van der Waals surface area contributed by atoms with Gasteiger partial charge in [0.25, 0.3) is 5.91 Å². The summed E-state index contributed by atoms with van der Waals surface area (Å²) < 4.78 is 11.4. The Kier molecular flexibility index (Phi) is 7.17. The predicted octanol–water partition coefficient (Wildman–Crippen LogP) is 3.07. The van der Waals surface area contributed by atoms with Crippen LogP contribution in [0.15, 0.2) is 48.5 Å². The van der Waals surface area contributed by atoms with Gasteiger partial charge in [-0.05, 0) is 43.3 Å². The maximum absolute atomic E-state index is 12.8. The Labute approximate surface area is 193 Å². The second kappa shape index (κ2) is 10.2. The average molecular weight is 458 g/mol. The van der Waals surface area contributed by atoms with Crippen LogP contribution in [0, 0.1) is 0 Å². The molecule has 0 unspecified atom stereocenters. The van der Waals surface area contributed by atoms with Crippen LogP contribution in [0.25, 0.3) is 0 Å². The van der Waals surface area contributed by atoms with Crippen LogP contribution >= 0.6 is 11.6 Å². The van der Waals surface area contributed by atoms with E-state index in [0.717, 1.165) is 31.1 Å². The van der Waals surface area contributed by atoms with Crippen LogP contribution in [0.5, 0.6) is 11.5 Å². The number of amides is 2. The van der Waals surface area contributed by atoms with Crippen molar-refractivity contribution in [2.24, 2.45) is 0 Å². The van der Waals surface area contributed by atoms with Crippen molar-refractivity contribution >= 4 is 29.1 Å². The first kappa shape index (κ1) is 22.4. The molecule has 32 heavy (non-hydrogen) atoms. The van der Waals surface area contributed by atoms with Crippen molar-refractivity contribution in [3.63, 3.8) is 0 Å². The first-order chi connectivity index (χ1) is 15.5. The van der Waals surface area contributed by atoms with E-state index in [1.54, 1.807) is 11.8 Å². The number of ether oxygens (including phenoxy) is 2. The van der Waals surface area contributed by atoms with Gasteiger partial charge in [-0.3, -0.25) is 14.5 Å². The molecular weight excluding hydrogens is 430 g/mol. The summed E-state index contributed by atoms with van der Waals surface area (Å²) in [4.78, 5) is 31.2. The number of para-hydroxylation sites is 2. The zero-order valence-electron chi connectivity index (χ0n) is 18.2. The lowest BCUT2D eigenvalue weighted by Gasteiger charge is -2.36. The summed E-state index contributed by atoms with van der Waals surface area (Å²) in [5.41, 5.74) is 0.730. The fraction of sp³-hybridized carbons (Fsp3) is 0.417. The summed E-state index contributed by atoms with van der Waals surface area (Å²) >= 11 is 5.89. The number of piperazine rings is 1. The number of hydrogen-bond acceptors (Lipinski definition) is 5. The molecule has 0 radical (unpaired) electrons. The molecule has 0 aromatic heterocycles. The number of rotatable bonds is 7. The third-order valence-corrected chi connectivity index (χ3v) is 6.09. The Morgan fingerprint density at radius 3 is 2.53 bits per heavy atom. The molecule has 1 saturated heterocycles. The van der Waals surface area contributed by atoms with Gasteiger partial charge in [0.05, 0.1) is 5.69 Å². The minimum atomic E-state index is -0.543. The molecule has 1 atom stereocenters. The number of halogens is 1. The highest BCUT2D eigenvalue weighted by Crippen LogP contribution is 2.33. The third kappa shape index (κ3) is 5.34. The van der Waals surface area contributed by atoms with Gasteiger partial charge < -0.3 is 19.3 Å². The van der Waals surface area contributed by atoms with E-state index in [4.69, 9.17) is 21.1 Å². The highest BCUT2D eigenvalue weighted by Gasteiger charge is 2.32. The third-order valence-electron chi connectivity index (χ3n) is 5.84. The summed E-state index contributed by atoms with van der Waals surface area (Å²) in [5, 5.41) is 0.690. The van der Waals surface area contributed by atoms with Gasteiger partial charge >= 0.3 is 0 Å². The van der Waals surface area contributed by atoms with Gasteiger partial charge in [0.15, 0.2) is 6.10 Å². The highest BCUT2D eigenvalue weighted by atomic mass is 35.5. The van der Waals surface area contributed by atoms with E-state index in [-0.39, 0.29) is 11.8 Å². The summed E-state index contributed by atoms with van der Waals surface area (Å²) in [5.74, 6) is 1.45. The van der Waals surface area contributed by atoms with Crippen LogP contribution in [0.2, 0.25) is 5.02 Å². The van der Waals surface area contributed by atoms with E-state index >= 15 is 0 Å². The molecule has 2 amide bonds. The Morgan fingerprint density at radius 2 is 1.78 bits per heavy atom. The van der Waals surface area contributed by atoms with Crippen molar-refractivity contribution in [3.8, 4) is 11.5 Å². The molecule has 0 bridgehead atoms. The van der Waals surface area contributed by atoms with Gasteiger partial charge in [-0.25, -0.2) is 0 Å². The summed E-state index contributed by atoms with van der Waals surface area (Å²) in [7, 11) is 0. The van der Waals surface area contributed by atoms with Crippen molar-refractivity contribution in [1.82, 2.24) is 9.80 Å². The Hall–Kier alpha value is -2.77. The average Bonchev–Trinajstić information content (AvgIpc) is 2.81. The largest absolute Gasteiger partial charge is 0.492 e. The lowest BCUT2D eigenvalue weighted by Crippen LogP contribution is -2.50. The van der Waals surface area contributed by atoms with Crippen LogP contribution in [0.1, 0.15) is 13.3 Å². The van der Waals surface area contributed by atoms with Gasteiger partial charge in [-0.15, -0.1) is 0 Å². The maximum atomic E-state index is 12.8. The molecule has 2 aromatic rings. The van der Waals surface area contributed by atoms with Crippen LogP contribution in [-0.4, -0.2) is 73.6 Å². The Bertz CT molecular complexity index is 945. The number of carbonyl (C=O) groups excluding carboxylic acids is 2. The number of anilines is 1. The van der Waals surface area contributed by atoms with Crippen molar-refractivity contribution < 1.29 is 19.1 Å². The van der Waals surface area contributed by atoms with Gasteiger partial charge in [-0.2, -0.15) is 0 Å². The molecule has 0 saturated carbocycles. The number of benzene rings is 2. The number of hydrogen-bond donors (Lipinski definition) is 0. The van der Waals surface area contributed by atoms with Gasteiger partial charge in [0.1, 0.15) is 18.1 Å². The predicted molar refractivity (Wildman–Crippen MR) is 123 cm³/mol. The van der Waals surface area contributed by atoms with Crippen LogP contribution in [0.4, 0.5) is 5.69 Å². The van der Waals surface area contributed by atoms with E-state index in [9.17, 15) is 9.59 Å². The van der Waals surface area contributed by atoms with Crippen LogP contribution in [0.3, 0.4) is 0 Å². The van der Waals surface area contributed by atoms with Crippen LogP contribution < -0.4 is 14.4 Å². The van der Waals surface area contributed by atoms with Crippen LogP contribution in [-0.2, 0) is 9.59 Å². The maximum Gasteiger partial charge on any atom is 0.267 e. The molecule has 2 heterocycles. The highest BCUT2D eigenvalue weighted by molar-refractivity contribution is 6.30. The summed E-state index contributed by atoms with van der Waals surface area (Å²) in [6, 6.07) is 14.8. The molecule has 0 aliphatic carbocycles. The lowest BCUT2D eigenvalue weighted by molar-refractivity contribution is -0.133. The first-order valence-electron chi connectivity index (χ1n) is 11.0. The summed E-state index contributed by atoms with van der Waals surface area (Å²) in [6.45, 7) is 6.49. The molecule has 4 rings (SSSR count). The van der Waals surface area contributed by atoms with Crippen molar-refractivity contribution in [3.05, 3.63) is 53.6 Å². The van der Waals surface area contributed by atoms with E-state index in [0.29, 0.717) is 43.4 Å². The molecular formula is C24H28ClN3O4. The second-order valence-electron chi connectivity index (χ2n) is 7.99. The monoisotopic (exact) mass is 457 g/mol. The molecule has 0 N–H and O–H groups in total. The zero-order valence-corrected chi connectivity index (χ0v) is 19.0. The van der Waals surface area contributed by atoms with E-state index in [1.165, 1.54) is 0 Å². The van der Waals surface area contributed by atoms with Gasteiger partial charge in [-0.1, -0.05) is 23.7 Å². The van der Waals surface area contributed by atoms with Crippen molar-refractivity contribution in [2.75, 3.05) is 50.8 Å². The quantitative estimate of drug-likeness (QED) is 0.639. The minimum absolute atomic E-state index is 0.0755. The molecule has 0 spiro atoms. The first-order valence-corrected chi connectivity index (χ1v) is 11.3. The second-order valence-corrected chi connectivity index (χ2v) is 8.43. The standard InChI is InChI=1S/C24H28ClN3O4/c1-18-24(30)28(21-4-2-3-5-22(21)32-18)11-10-23(29)27-14-12-26(13-15-27)16-17-31-20-8-6-19(25)7-9-20/h2-9,18H,10-17H2,1H3/t18-/m1/s1. The van der Waals surface area contributed by atoms with Gasteiger partial charge in [0, 0.05) is 50.7 Å². The number of fused-ring (bicyclic) bond motifs is 1. The molecule has 2 aliphatic rings. The molecule has 8 heteroatoms. The fourth-order valence-electron chi connectivity index (χ4n) is 4.00. The van der Waals surface area contributed by atoms with E-state index in [1.807, 2.05) is 53.4 Å². The summed E-state index contributed by atoms with van der Waals surface area (Å²) in [6.07, 6.45) is -0.245. The zero-order chi connectivity index (χ0) is 22.5.